The highest BCUT2D eigenvalue weighted by Crippen LogP contribution is 2.39. The van der Waals surface area contributed by atoms with Crippen LogP contribution in [-0.4, -0.2) is 60.9 Å². The van der Waals surface area contributed by atoms with Gasteiger partial charge in [0.1, 0.15) is 17.3 Å². The quantitative estimate of drug-likeness (QED) is 0.449. The molecule has 30 heavy (non-hydrogen) atoms. The molecule has 0 saturated carbocycles. The number of hydrogen-bond donors (Lipinski definition) is 1. The SMILES string of the molecule is COc1ccc(/C(O)=C2\C(=O)C(=O)N(CCN(C)C)[C@@H]2c2ccc(F)cc2)cc1C. The standard InChI is InChI=1S/C23H25FN2O4/c1-14-13-16(7-10-18(14)30-4)21(27)19-20(15-5-8-17(24)9-6-15)26(12-11-25(2)3)23(29)22(19)28/h5-10,13,20,27H,11-12H2,1-4H3/b21-19+/t20-/m1/s1. The van der Waals surface area contributed by atoms with Crippen LogP contribution < -0.4 is 4.74 Å². The number of Topliss-reactive ketones (excluding diaryl/α,β-unsaturated/α-hetero) is 1. The lowest BCUT2D eigenvalue weighted by Gasteiger charge is -2.26. The van der Waals surface area contributed by atoms with E-state index >= 15 is 0 Å². The number of aryl methyl sites for hydroxylation is 1. The maximum atomic E-state index is 13.5. The second-order valence-corrected chi connectivity index (χ2v) is 7.53. The van der Waals surface area contributed by atoms with E-state index in [1.54, 1.807) is 25.3 Å². The van der Waals surface area contributed by atoms with Crippen molar-refractivity contribution in [3.8, 4) is 5.75 Å². The normalized spacial score (nSPS) is 18.3. The van der Waals surface area contributed by atoms with E-state index < -0.39 is 23.5 Å². The summed E-state index contributed by atoms with van der Waals surface area (Å²) in [5.74, 6) is -1.48. The van der Waals surface area contributed by atoms with Gasteiger partial charge in [-0.25, -0.2) is 4.39 Å². The predicted molar refractivity (Wildman–Crippen MR) is 112 cm³/mol. The molecule has 2 aromatic carbocycles. The van der Waals surface area contributed by atoms with Gasteiger partial charge in [-0.1, -0.05) is 12.1 Å². The Kier molecular flexibility index (Phi) is 6.22. The van der Waals surface area contributed by atoms with Crippen LogP contribution in [0.2, 0.25) is 0 Å². The molecule has 158 valence electrons. The van der Waals surface area contributed by atoms with Crippen LogP contribution in [0.5, 0.6) is 5.75 Å². The molecule has 1 N–H and O–H groups in total. The van der Waals surface area contributed by atoms with Crippen molar-refractivity contribution >= 4 is 17.4 Å². The first-order valence-electron chi connectivity index (χ1n) is 9.58. The van der Waals surface area contributed by atoms with Crippen LogP contribution in [-0.2, 0) is 9.59 Å². The van der Waals surface area contributed by atoms with Crippen molar-refractivity contribution < 1.29 is 23.8 Å². The number of carbonyl (C=O) groups excluding carboxylic acids is 2. The molecular weight excluding hydrogens is 387 g/mol. The van der Waals surface area contributed by atoms with Crippen LogP contribution >= 0.6 is 0 Å². The average molecular weight is 412 g/mol. The average Bonchev–Trinajstić information content (AvgIpc) is 2.96. The van der Waals surface area contributed by atoms with E-state index in [4.69, 9.17) is 4.74 Å². The Labute approximate surface area is 175 Å². The molecule has 0 unspecified atom stereocenters. The number of nitrogens with zero attached hydrogens (tertiary/aromatic N) is 2. The highest BCUT2D eigenvalue weighted by atomic mass is 19.1. The number of aliphatic hydroxyl groups excluding tert-OH is 1. The maximum absolute atomic E-state index is 13.5. The van der Waals surface area contributed by atoms with Gasteiger partial charge in [0.15, 0.2) is 0 Å². The molecule has 0 spiro atoms. The zero-order chi connectivity index (χ0) is 22.0. The maximum Gasteiger partial charge on any atom is 0.295 e. The largest absolute Gasteiger partial charge is 0.507 e. The van der Waals surface area contributed by atoms with Crippen LogP contribution in [0.1, 0.15) is 22.7 Å². The Morgan fingerprint density at radius 2 is 1.83 bits per heavy atom. The van der Waals surface area contributed by atoms with E-state index in [9.17, 15) is 19.1 Å². The molecule has 1 aliphatic rings. The Bertz CT molecular complexity index is 999. The Morgan fingerprint density at radius 3 is 2.40 bits per heavy atom. The summed E-state index contributed by atoms with van der Waals surface area (Å²) in [5.41, 5.74) is 1.74. The summed E-state index contributed by atoms with van der Waals surface area (Å²) in [5, 5.41) is 11.0. The van der Waals surface area contributed by atoms with Gasteiger partial charge in [-0.05, 0) is 62.5 Å². The molecule has 6 nitrogen and oxygen atoms in total. The minimum atomic E-state index is -0.798. The van der Waals surface area contributed by atoms with Gasteiger partial charge in [0, 0.05) is 18.7 Å². The fourth-order valence-corrected chi connectivity index (χ4v) is 3.59. The van der Waals surface area contributed by atoms with Crippen molar-refractivity contribution in [1.82, 2.24) is 9.80 Å². The Morgan fingerprint density at radius 1 is 1.17 bits per heavy atom. The first-order chi connectivity index (χ1) is 14.2. The summed E-state index contributed by atoms with van der Waals surface area (Å²) in [6, 6.07) is 9.84. The van der Waals surface area contributed by atoms with Gasteiger partial charge >= 0.3 is 0 Å². The number of methoxy groups -OCH3 is 1. The van der Waals surface area contributed by atoms with E-state index in [0.29, 0.717) is 23.4 Å². The van der Waals surface area contributed by atoms with E-state index in [0.717, 1.165) is 5.56 Å². The lowest BCUT2D eigenvalue weighted by molar-refractivity contribution is -0.140. The Hall–Kier alpha value is -3.19. The zero-order valence-corrected chi connectivity index (χ0v) is 17.5. The molecule has 0 aromatic heterocycles. The first kappa shape index (κ1) is 21.5. The number of benzene rings is 2. The van der Waals surface area contributed by atoms with Gasteiger partial charge in [-0.2, -0.15) is 0 Å². The van der Waals surface area contributed by atoms with E-state index in [1.165, 1.54) is 29.2 Å². The number of carbonyl (C=O) groups is 2. The van der Waals surface area contributed by atoms with Gasteiger partial charge in [0.2, 0.25) is 0 Å². The molecule has 1 atom stereocenters. The molecule has 7 heteroatoms. The van der Waals surface area contributed by atoms with Crippen molar-refractivity contribution in [1.29, 1.82) is 0 Å². The number of aliphatic hydroxyl groups is 1. The van der Waals surface area contributed by atoms with E-state index in [2.05, 4.69) is 0 Å². The summed E-state index contributed by atoms with van der Waals surface area (Å²) in [7, 11) is 5.28. The molecule has 1 fully saturated rings. The minimum Gasteiger partial charge on any atom is -0.507 e. The number of rotatable bonds is 6. The van der Waals surface area contributed by atoms with Gasteiger partial charge in [-0.3, -0.25) is 9.59 Å². The first-order valence-corrected chi connectivity index (χ1v) is 9.58. The summed E-state index contributed by atoms with van der Waals surface area (Å²) in [6.45, 7) is 2.65. The lowest BCUT2D eigenvalue weighted by atomic mass is 9.94. The van der Waals surface area contributed by atoms with Crippen LogP contribution in [0.15, 0.2) is 48.0 Å². The number of hydrogen-bond acceptors (Lipinski definition) is 5. The van der Waals surface area contributed by atoms with Crippen molar-refractivity contribution in [3.05, 3.63) is 70.5 Å². The molecule has 0 radical (unpaired) electrons. The van der Waals surface area contributed by atoms with Crippen LogP contribution in [0.25, 0.3) is 5.76 Å². The molecular formula is C23H25FN2O4. The van der Waals surface area contributed by atoms with Crippen LogP contribution in [0.3, 0.4) is 0 Å². The summed E-state index contributed by atoms with van der Waals surface area (Å²) >= 11 is 0. The van der Waals surface area contributed by atoms with Crippen LogP contribution in [0, 0.1) is 12.7 Å². The molecule has 2 aromatic rings. The number of halogens is 1. The predicted octanol–water partition coefficient (Wildman–Crippen LogP) is 3.13. The van der Waals surface area contributed by atoms with Crippen molar-refractivity contribution in [2.45, 2.75) is 13.0 Å². The third kappa shape index (κ3) is 4.07. The highest BCUT2D eigenvalue weighted by Gasteiger charge is 2.45. The van der Waals surface area contributed by atoms with E-state index in [-0.39, 0.29) is 17.9 Å². The number of amides is 1. The number of likely N-dealkylation sites (tertiary alicyclic amines) is 1. The molecule has 1 heterocycles. The number of ether oxygens (including phenoxy) is 1. The molecule has 0 bridgehead atoms. The topological polar surface area (TPSA) is 70.1 Å². The van der Waals surface area contributed by atoms with Gasteiger partial charge in [-0.15, -0.1) is 0 Å². The van der Waals surface area contributed by atoms with E-state index in [1.807, 2.05) is 25.9 Å². The molecule has 3 rings (SSSR count). The number of ketones is 1. The molecule has 1 saturated heterocycles. The third-order valence-corrected chi connectivity index (χ3v) is 5.18. The minimum absolute atomic E-state index is 0.00469. The van der Waals surface area contributed by atoms with Gasteiger partial charge < -0.3 is 19.6 Å². The third-order valence-electron chi connectivity index (χ3n) is 5.18. The molecule has 0 aliphatic carbocycles. The summed E-state index contributed by atoms with van der Waals surface area (Å²) < 4.78 is 18.7. The van der Waals surface area contributed by atoms with Crippen molar-refractivity contribution in [2.75, 3.05) is 34.3 Å². The van der Waals surface area contributed by atoms with Crippen molar-refractivity contribution in [3.63, 3.8) is 0 Å². The van der Waals surface area contributed by atoms with Gasteiger partial charge in [0.25, 0.3) is 11.7 Å². The van der Waals surface area contributed by atoms with Gasteiger partial charge in [0.05, 0.1) is 18.7 Å². The fraction of sp³-hybridized carbons (Fsp3) is 0.304. The second kappa shape index (κ2) is 8.67. The van der Waals surface area contributed by atoms with Crippen molar-refractivity contribution in [2.24, 2.45) is 0 Å². The fourth-order valence-electron chi connectivity index (χ4n) is 3.59. The van der Waals surface area contributed by atoms with Crippen LogP contribution in [0.4, 0.5) is 4.39 Å². The zero-order valence-electron chi connectivity index (χ0n) is 17.5. The number of likely N-dealkylation sites (N-methyl/N-ethyl adjacent to an activating group) is 1. The molecule has 1 aliphatic heterocycles. The Balaban J connectivity index is 2.14. The highest BCUT2D eigenvalue weighted by molar-refractivity contribution is 6.46. The smallest absolute Gasteiger partial charge is 0.295 e. The molecule has 1 amide bonds. The monoisotopic (exact) mass is 412 g/mol. The lowest BCUT2D eigenvalue weighted by Crippen LogP contribution is -2.35. The second-order valence-electron chi connectivity index (χ2n) is 7.53. The summed E-state index contributed by atoms with van der Waals surface area (Å²) in [6.07, 6.45) is 0. The summed E-state index contributed by atoms with van der Waals surface area (Å²) in [4.78, 5) is 29.0.